The van der Waals surface area contributed by atoms with Crippen molar-refractivity contribution in [2.45, 2.75) is 24.5 Å². The molecule has 0 saturated heterocycles. The highest BCUT2D eigenvalue weighted by Crippen LogP contribution is 2.48. The highest BCUT2D eigenvalue weighted by Gasteiger charge is 2.43. The van der Waals surface area contributed by atoms with Gasteiger partial charge < -0.3 is 15.2 Å². The van der Waals surface area contributed by atoms with Crippen molar-refractivity contribution < 1.29 is 14.6 Å². The second-order valence-electron chi connectivity index (χ2n) is 6.89. The van der Waals surface area contributed by atoms with Gasteiger partial charge in [-0.2, -0.15) is 0 Å². The summed E-state index contributed by atoms with van der Waals surface area (Å²) in [5.41, 5.74) is 2.54. The number of aliphatic imine (C=N–C) groups is 1. The van der Waals surface area contributed by atoms with Crippen LogP contribution in [0, 0.1) is 0 Å². The number of ketones is 1. The first-order valence-electron chi connectivity index (χ1n) is 8.46. The number of methoxy groups -OCH3 is 1. The minimum atomic E-state index is -0.593. The summed E-state index contributed by atoms with van der Waals surface area (Å²) in [6, 6.07) is 0. The maximum atomic E-state index is 12.0. The molecule has 0 saturated carbocycles. The maximum absolute atomic E-state index is 12.0. The smallest absolute Gasteiger partial charge is 0.192 e. The second kappa shape index (κ2) is 5.37. The zero-order valence-electron chi connectivity index (χ0n) is 14.0. The van der Waals surface area contributed by atoms with Crippen LogP contribution in [0.4, 0.5) is 11.4 Å². The van der Waals surface area contributed by atoms with Gasteiger partial charge in [-0.15, -0.1) is 0 Å². The standard InChI is InChI=1S/C19H16BrN3O3/c1-26-12-7-19(4-2-11(24)10(20)6-19)14-15-13-9(3-5-21-15)8-22-16(13)18(25)17(14)23-12/h2,4,6,8,12,23,25H,3,5,7H2,1H3/t12?,19-/m1/s1. The summed E-state index contributed by atoms with van der Waals surface area (Å²) in [4.78, 5) is 21.2. The Kier molecular flexibility index (Phi) is 3.30. The Bertz CT molecular complexity index is 1090. The number of hydrogen-bond acceptors (Lipinski definition) is 6. The number of carbonyl (C=O) groups excluding carboxylic acids is 1. The number of ether oxygens (including phenoxy) is 1. The molecule has 1 aliphatic carbocycles. The fourth-order valence-electron chi connectivity index (χ4n) is 4.27. The molecule has 1 unspecified atom stereocenters. The van der Waals surface area contributed by atoms with Crippen molar-refractivity contribution in [3.05, 3.63) is 38.8 Å². The molecule has 1 spiro atoms. The summed E-state index contributed by atoms with van der Waals surface area (Å²) >= 11 is 3.39. The van der Waals surface area contributed by atoms with E-state index in [-0.39, 0.29) is 17.8 Å². The van der Waals surface area contributed by atoms with Gasteiger partial charge in [-0.3, -0.25) is 14.8 Å². The Balaban J connectivity index is 1.92. The number of nitrogens with one attached hydrogen (secondary N) is 1. The van der Waals surface area contributed by atoms with Crippen LogP contribution in [0.25, 0.3) is 5.57 Å². The number of phenolic OH excluding ortho intramolecular Hbond substituents is 1. The summed E-state index contributed by atoms with van der Waals surface area (Å²) < 4.78 is 6.07. The van der Waals surface area contributed by atoms with E-state index in [4.69, 9.17) is 9.73 Å². The lowest BCUT2D eigenvalue weighted by Gasteiger charge is -2.41. The first-order valence-corrected chi connectivity index (χ1v) is 9.26. The van der Waals surface area contributed by atoms with E-state index in [2.05, 4.69) is 26.2 Å². The van der Waals surface area contributed by atoms with Gasteiger partial charge in [0.05, 0.1) is 15.5 Å². The van der Waals surface area contributed by atoms with E-state index in [1.54, 1.807) is 13.2 Å². The molecule has 0 bridgehead atoms. The molecule has 0 radical (unpaired) electrons. The van der Waals surface area contributed by atoms with E-state index in [1.807, 2.05) is 18.4 Å². The van der Waals surface area contributed by atoms with E-state index in [0.717, 1.165) is 28.1 Å². The van der Waals surface area contributed by atoms with Crippen LogP contribution in [0.5, 0.6) is 5.75 Å². The van der Waals surface area contributed by atoms with Crippen LogP contribution in [-0.2, 0) is 14.9 Å². The Morgan fingerprint density at radius 2 is 2.31 bits per heavy atom. The maximum Gasteiger partial charge on any atom is 0.192 e. The molecular weight excluding hydrogens is 398 g/mol. The number of hydrogen-bond donors (Lipinski definition) is 2. The molecule has 3 heterocycles. The number of fused-ring (bicyclic) bond motifs is 3. The van der Waals surface area contributed by atoms with Crippen LogP contribution in [0.1, 0.15) is 18.4 Å². The normalized spacial score (nSPS) is 27.8. The topological polar surface area (TPSA) is 83.3 Å². The van der Waals surface area contributed by atoms with Gasteiger partial charge in [-0.1, -0.05) is 12.2 Å². The van der Waals surface area contributed by atoms with Crippen LogP contribution in [0.2, 0.25) is 0 Å². The molecule has 2 N–H and O–H groups in total. The number of anilines is 1. The molecule has 0 amide bonds. The largest absolute Gasteiger partial charge is 0.504 e. The molecule has 4 aliphatic rings. The quantitative estimate of drug-likeness (QED) is 0.686. The summed E-state index contributed by atoms with van der Waals surface area (Å²) in [6.07, 6.45) is 8.29. The van der Waals surface area contributed by atoms with Crippen LogP contribution in [-0.4, -0.2) is 37.0 Å². The minimum Gasteiger partial charge on any atom is -0.504 e. The van der Waals surface area contributed by atoms with Gasteiger partial charge in [0, 0.05) is 42.5 Å². The molecule has 0 aromatic heterocycles. The van der Waals surface area contributed by atoms with Gasteiger partial charge in [0.2, 0.25) is 0 Å². The third kappa shape index (κ3) is 1.98. The summed E-state index contributed by atoms with van der Waals surface area (Å²) in [5.74, 6) is 0.0364. The van der Waals surface area contributed by atoms with Crippen LogP contribution < -0.4 is 15.9 Å². The average Bonchev–Trinajstić information content (AvgIpc) is 3.08. The summed E-state index contributed by atoms with van der Waals surface area (Å²) in [6.45, 7) is 0.683. The first-order chi connectivity index (χ1) is 12.5. The molecule has 26 heavy (non-hydrogen) atoms. The second-order valence-corrected chi connectivity index (χ2v) is 7.74. The highest BCUT2D eigenvalue weighted by molar-refractivity contribution is 9.12. The van der Waals surface area contributed by atoms with Crippen LogP contribution in [0.3, 0.4) is 0 Å². The van der Waals surface area contributed by atoms with Crippen LogP contribution >= 0.6 is 15.9 Å². The first kappa shape index (κ1) is 16.0. The van der Waals surface area contributed by atoms with E-state index >= 15 is 0 Å². The number of nitrogens with zero attached hydrogens (tertiary/aromatic N) is 2. The Labute approximate surface area is 157 Å². The fourth-order valence-corrected chi connectivity index (χ4v) is 4.81. The highest BCUT2D eigenvalue weighted by atomic mass is 79.9. The number of benzene rings is 1. The van der Waals surface area contributed by atoms with Gasteiger partial charge in [0.15, 0.2) is 11.5 Å². The Morgan fingerprint density at radius 3 is 3.08 bits per heavy atom. The third-order valence-corrected chi connectivity index (χ3v) is 6.09. The molecule has 3 aliphatic heterocycles. The number of aromatic hydroxyl groups is 1. The molecule has 1 aromatic rings. The molecule has 5 rings (SSSR count). The van der Waals surface area contributed by atoms with Crippen LogP contribution in [0.15, 0.2) is 32.7 Å². The molecule has 2 atom stereocenters. The lowest BCUT2D eigenvalue weighted by Crippen LogP contribution is -2.47. The molecule has 1 aromatic carbocycles. The Morgan fingerprint density at radius 1 is 1.46 bits per heavy atom. The molecule has 7 heteroatoms. The summed E-state index contributed by atoms with van der Waals surface area (Å²) in [7, 11) is 1.62. The minimum absolute atomic E-state index is 0.0729. The van der Waals surface area contributed by atoms with Crippen molar-refractivity contribution in [2.24, 2.45) is 9.98 Å². The average molecular weight is 414 g/mol. The zero-order chi connectivity index (χ0) is 18.1. The Hall–Kier alpha value is -2.25. The van der Waals surface area contributed by atoms with Gasteiger partial charge in [0.1, 0.15) is 11.9 Å². The molecule has 132 valence electrons. The predicted molar refractivity (Wildman–Crippen MR) is 102 cm³/mol. The SMILES string of the molecule is COC1C[C@]2(C=CC(=O)C(Br)=C2)c2c(c(O)c3c4c2=NCCC=4C=N3)N1. The number of carbonyl (C=O) groups is 1. The van der Waals surface area contributed by atoms with E-state index in [1.165, 1.54) is 0 Å². The van der Waals surface area contributed by atoms with Gasteiger partial charge in [0.25, 0.3) is 0 Å². The van der Waals surface area contributed by atoms with Crippen molar-refractivity contribution in [3.63, 3.8) is 0 Å². The number of phenols is 1. The predicted octanol–water partition coefficient (Wildman–Crippen LogP) is 1.73. The fraction of sp³-hybridized carbons (Fsp3) is 0.316. The molecule has 6 nitrogen and oxygen atoms in total. The third-order valence-electron chi connectivity index (χ3n) is 5.47. The lowest BCUT2D eigenvalue weighted by atomic mass is 9.70. The van der Waals surface area contributed by atoms with Gasteiger partial charge in [-0.05, 0) is 34.0 Å². The number of allylic oxidation sites excluding steroid dienone is 4. The summed E-state index contributed by atoms with van der Waals surface area (Å²) in [5, 5.41) is 16.0. The van der Waals surface area contributed by atoms with Crippen molar-refractivity contribution in [2.75, 3.05) is 19.0 Å². The van der Waals surface area contributed by atoms with Crippen molar-refractivity contribution in [3.8, 4) is 5.75 Å². The molecule has 0 fully saturated rings. The number of rotatable bonds is 1. The lowest BCUT2D eigenvalue weighted by molar-refractivity contribution is -0.110. The van der Waals surface area contributed by atoms with Crippen molar-refractivity contribution in [1.29, 1.82) is 0 Å². The van der Waals surface area contributed by atoms with Crippen molar-refractivity contribution in [1.82, 2.24) is 0 Å². The van der Waals surface area contributed by atoms with Crippen molar-refractivity contribution >= 4 is 44.9 Å². The van der Waals surface area contributed by atoms with E-state index in [0.29, 0.717) is 28.8 Å². The van der Waals surface area contributed by atoms with Gasteiger partial charge in [-0.25, -0.2) is 0 Å². The van der Waals surface area contributed by atoms with E-state index in [9.17, 15) is 9.90 Å². The van der Waals surface area contributed by atoms with Gasteiger partial charge >= 0.3 is 0 Å². The zero-order valence-corrected chi connectivity index (χ0v) is 15.6. The van der Waals surface area contributed by atoms with E-state index < -0.39 is 5.41 Å². The molecular formula is C19H16BrN3O3. The number of halogens is 1. The monoisotopic (exact) mass is 413 g/mol.